The summed E-state index contributed by atoms with van der Waals surface area (Å²) >= 11 is 0. The van der Waals surface area contributed by atoms with E-state index in [0.717, 1.165) is 13.1 Å². The van der Waals surface area contributed by atoms with Gasteiger partial charge < -0.3 is 4.90 Å². The van der Waals surface area contributed by atoms with Gasteiger partial charge in [0.2, 0.25) is 0 Å². The van der Waals surface area contributed by atoms with Crippen molar-refractivity contribution in [1.29, 1.82) is 0 Å². The van der Waals surface area contributed by atoms with Crippen LogP contribution in [0.3, 0.4) is 0 Å². The molecule has 1 aromatic heterocycles. The molecule has 0 bridgehead atoms. The normalized spacial score (nSPS) is 21.4. The molecular formula is C13H18N2. The highest BCUT2D eigenvalue weighted by molar-refractivity contribution is 5.17. The summed E-state index contributed by atoms with van der Waals surface area (Å²) in [4.78, 5) is 6.45. The smallest absolute Gasteiger partial charge is 0.0270 e. The van der Waals surface area contributed by atoms with Crippen LogP contribution in [0.1, 0.15) is 31.2 Å². The molecule has 2 heterocycles. The molecule has 0 saturated carbocycles. The monoisotopic (exact) mass is 202 g/mol. The van der Waals surface area contributed by atoms with E-state index in [1.54, 1.807) is 0 Å². The van der Waals surface area contributed by atoms with E-state index in [-0.39, 0.29) is 0 Å². The van der Waals surface area contributed by atoms with Gasteiger partial charge in [0.1, 0.15) is 0 Å². The fourth-order valence-corrected chi connectivity index (χ4v) is 2.23. The molecule has 2 rings (SSSR count). The molecule has 0 amide bonds. The van der Waals surface area contributed by atoms with Crippen molar-refractivity contribution in [2.75, 3.05) is 13.1 Å². The lowest BCUT2D eigenvalue weighted by atomic mass is 9.91. The fourth-order valence-electron chi connectivity index (χ4n) is 2.23. The Hall–Kier alpha value is -1.31. The number of rotatable bonds is 2. The molecule has 1 unspecified atom stereocenters. The molecule has 0 N–H and O–H groups in total. The van der Waals surface area contributed by atoms with Gasteiger partial charge in [-0.25, -0.2) is 0 Å². The van der Waals surface area contributed by atoms with Crippen molar-refractivity contribution in [2.45, 2.75) is 25.7 Å². The van der Waals surface area contributed by atoms with E-state index in [4.69, 9.17) is 0 Å². The van der Waals surface area contributed by atoms with Crippen molar-refractivity contribution >= 4 is 0 Å². The standard InChI is InChI=1S/C13H18N2/c1-11(2)15-9-3-4-13(10-15)12-5-7-14-8-6-12/h5-8,13H,1,3-4,9-10H2,2H3. The third-order valence-electron chi connectivity index (χ3n) is 3.14. The molecule has 2 heteroatoms. The molecule has 0 spiro atoms. The molecule has 1 aromatic rings. The molecule has 1 atom stereocenters. The predicted octanol–water partition coefficient (Wildman–Crippen LogP) is 2.79. The van der Waals surface area contributed by atoms with Crippen LogP contribution >= 0.6 is 0 Å². The average Bonchev–Trinajstić information content (AvgIpc) is 2.30. The number of aromatic nitrogens is 1. The van der Waals surface area contributed by atoms with Gasteiger partial charge in [0.15, 0.2) is 0 Å². The molecule has 1 aliphatic rings. The van der Waals surface area contributed by atoms with Crippen molar-refractivity contribution in [3.05, 3.63) is 42.4 Å². The first-order valence-corrected chi connectivity index (χ1v) is 5.58. The Morgan fingerprint density at radius 1 is 1.47 bits per heavy atom. The van der Waals surface area contributed by atoms with Crippen LogP contribution < -0.4 is 0 Å². The Labute approximate surface area is 91.6 Å². The molecule has 0 aromatic carbocycles. The fraction of sp³-hybridized carbons (Fsp3) is 0.462. The number of likely N-dealkylation sites (tertiary alicyclic amines) is 1. The van der Waals surface area contributed by atoms with Crippen LogP contribution in [0.4, 0.5) is 0 Å². The first-order chi connectivity index (χ1) is 7.27. The summed E-state index contributed by atoms with van der Waals surface area (Å²) in [5, 5.41) is 0. The van der Waals surface area contributed by atoms with Crippen molar-refractivity contribution in [1.82, 2.24) is 9.88 Å². The Bertz CT molecular complexity index is 332. The van der Waals surface area contributed by atoms with Gasteiger partial charge in [0.05, 0.1) is 0 Å². The zero-order valence-corrected chi connectivity index (χ0v) is 9.32. The second kappa shape index (κ2) is 4.47. The van der Waals surface area contributed by atoms with Crippen molar-refractivity contribution in [3.8, 4) is 0 Å². The van der Waals surface area contributed by atoms with E-state index in [9.17, 15) is 0 Å². The van der Waals surface area contributed by atoms with Crippen LogP contribution in [0.25, 0.3) is 0 Å². The summed E-state index contributed by atoms with van der Waals surface area (Å²) in [7, 11) is 0. The first-order valence-electron chi connectivity index (χ1n) is 5.58. The lowest BCUT2D eigenvalue weighted by Gasteiger charge is -2.34. The number of allylic oxidation sites excluding steroid dienone is 1. The minimum Gasteiger partial charge on any atom is -0.375 e. The van der Waals surface area contributed by atoms with Crippen LogP contribution in [0.2, 0.25) is 0 Å². The molecule has 15 heavy (non-hydrogen) atoms. The minimum absolute atomic E-state index is 0.651. The second-order valence-corrected chi connectivity index (χ2v) is 4.30. The SMILES string of the molecule is C=C(C)N1CCCC(c2ccncc2)C1. The van der Waals surface area contributed by atoms with Crippen LogP contribution in [0.15, 0.2) is 36.8 Å². The van der Waals surface area contributed by atoms with Gasteiger partial charge >= 0.3 is 0 Å². The van der Waals surface area contributed by atoms with E-state index in [2.05, 4.69) is 35.5 Å². The highest BCUT2D eigenvalue weighted by atomic mass is 15.1. The highest BCUT2D eigenvalue weighted by Crippen LogP contribution is 2.27. The summed E-state index contributed by atoms with van der Waals surface area (Å²) in [5.74, 6) is 0.651. The summed E-state index contributed by atoms with van der Waals surface area (Å²) in [6.07, 6.45) is 6.32. The predicted molar refractivity (Wildman–Crippen MR) is 62.6 cm³/mol. The summed E-state index contributed by atoms with van der Waals surface area (Å²) < 4.78 is 0. The lowest BCUT2D eigenvalue weighted by molar-refractivity contribution is 0.260. The Morgan fingerprint density at radius 2 is 2.20 bits per heavy atom. The molecule has 0 aliphatic carbocycles. The van der Waals surface area contributed by atoms with Crippen LogP contribution in [-0.2, 0) is 0 Å². The number of hydrogen-bond donors (Lipinski definition) is 0. The van der Waals surface area contributed by atoms with E-state index >= 15 is 0 Å². The Morgan fingerprint density at radius 3 is 2.87 bits per heavy atom. The lowest BCUT2D eigenvalue weighted by Crippen LogP contribution is -2.32. The van der Waals surface area contributed by atoms with Gasteiger partial charge in [-0.1, -0.05) is 6.58 Å². The van der Waals surface area contributed by atoms with Gasteiger partial charge in [0, 0.05) is 37.1 Å². The summed E-state index contributed by atoms with van der Waals surface area (Å²) in [5.41, 5.74) is 2.60. The number of pyridine rings is 1. The topological polar surface area (TPSA) is 16.1 Å². The van der Waals surface area contributed by atoms with Crippen LogP contribution in [0, 0.1) is 0 Å². The van der Waals surface area contributed by atoms with Crippen LogP contribution in [0.5, 0.6) is 0 Å². The molecule has 0 radical (unpaired) electrons. The number of nitrogens with zero attached hydrogens (tertiary/aromatic N) is 2. The second-order valence-electron chi connectivity index (χ2n) is 4.30. The minimum atomic E-state index is 0.651. The number of hydrogen-bond acceptors (Lipinski definition) is 2. The molecule has 1 fully saturated rings. The van der Waals surface area contributed by atoms with Crippen molar-refractivity contribution in [2.24, 2.45) is 0 Å². The van der Waals surface area contributed by atoms with Gasteiger partial charge in [0.25, 0.3) is 0 Å². The van der Waals surface area contributed by atoms with E-state index in [0.29, 0.717) is 5.92 Å². The number of piperidine rings is 1. The molecule has 1 saturated heterocycles. The van der Waals surface area contributed by atoms with E-state index < -0.39 is 0 Å². The molecular weight excluding hydrogens is 184 g/mol. The van der Waals surface area contributed by atoms with Crippen molar-refractivity contribution in [3.63, 3.8) is 0 Å². The van der Waals surface area contributed by atoms with Gasteiger partial charge in [-0.15, -0.1) is 0 Å². The van der Waals surface area contributed by atoms with Gasteiger partial charge in [-0.2, -0.15) is 0 Å². The zero-order chi connectivity index (χ0) is 10.7. The maximum Gasteiger partial charge on any atom is 0.0270 e. The first kappa shape index (κ1) is 10.2. The molecule has 80 valence electrons. The van der Waals surface area contributed by atoms with E-state index in [1.807, 2.05) is 12.4 Å². The Kier molecular flexibility index (Phi) is 3.05. The van der Waals surface area contributed by atoms with Gasteiger partial charge in [-0.3, -0.25) is 4.98 Å². The third-order valence-corrected chi connectivity index (χ3v) is 3.14. The maximum absolute atomic E-state index is 4.06. The quantitative estimate of drug-likeness (QED) is 0.733. The van der Waals surface area contributed by atoms with Crippen molar-refractivity contribution < 1.29 is 0 Å². The Balaban J connectivity index is 2.08. The zero-order valence-electron chi connectivity index (χ0n) is 9.32. The third kappa shape index (κ3) is 2.38. The molecule has 2 nitrogen and oxygen atoms in total. The molecule has 1 aliphatic heterocycles. The van der Waals surface area contributed by atoms with Crippen LogP contribution in [-0.4, -0.2) is 23.0 Å². The van der Waals surface area contributed by atoms with Gasteiger partial charge in [-0.05, 0) is 37.5 Å². The summed E-state index contributed by atoms with van der Waals surface area (Å²) in [6, 6.07) is 4.26. The maximum atomic E-state index is 4.06. The average molecular weight is 202 g/mol. The largest absolute Gasteiger partial charge is 0.375 e. The summed E-state index contributed by atoms with van der Waals surface area (Å²) in [6.45, 7) is 8.39. The van der Waals surface area contributed by atoms with E-state index in [1.165, 1.54) is 24.1 Å². The highest BCUT2D eigenvalue weighted by Gasteiger charge is 2.20.